The number of ether oxygens (including phenoxy) is 2. The van der Waals surface area contributed by atoms with Gasteiger partial charge >= 0.3 is 0 Å². The summed E-state index contributed by atoms with van der Waals surface area (Å²) in [5.41, 5.74) is 3.55. The van der Waals surface area contributed by atoms with Crippen LogP contribution in [0.4, 0.5) is 0 Å². The number of hydrogen-bond donors (Lipinski definition) is 1. The zero-order valence-electron chi connectivity index (χ0n) is 9.35. The van der Waals surface area contributed by atoms with Gasteiger partial charge in [0.15, 0.2) is 0 Å². The van der Waals surface area contributed by atoms with E-state index in [1.807, 2.05) is 24.3 Å². The SMILES string of the molecule is C=C=C[C@@H](O)COCc1ccc(OC)cc1. The molecule has 0 aliphatic heterocycles. The lowest BCUT2D eigenvalue weighted by Gasteiger charge is -2.07. The number of hydrogen-bond acceptors (Lipinski definition) is 3. The van der Waals surface area contributed by atoms with Crippen molar-refractivity contribution >= 4 is 0 Å². The van der Waals surface area contributed by atoms with Gasteiger partial charge in [-0.1, -0.05) is 18.7 Å². The van der Waals surface area contributed by atoms with E-state index in [0.717, 1.165) is 11.3 Å². The molecule has 86 valence electrons. The highest BCUT2D eigenvalue weighted by Gasteiger charge is 1.99. The molecular formula is C13H16O3. The summed E-state index contributed by atoms with van der Waals surface area (Å²) in [5, 5.41) is 9.31. The number of benzene rings is 1. The molecule has 1 aromatic rings. The molecule has 1 aromatic carbocycles. The maximum atomic E-state index is 9.31. The van der Waals surface area contributed by atoms with Crippen molar-refractivity contribution in [3.05, 3.63) is 48.2 Å². The Morgan fingerprint density at radius 1 is 1.44 bits per heavy atom. The fourth-order valence-corrected chi connectivity index (χ4v) is 1.20. The summed E-state index contributed by atoms with van der Waals surface area (Å²) < 4.78 is 10.4. The molecule has 3 nitrogen and oxygen atoms in total. The molecule has 0 unspecified atom stereocenters. The van der Waals surface area contributed by atoms with Crippen LogP contribution in [0.25, 0.3) is 0 Å². The molecule has 0 aromatic heterocycles. The predicted molar refractivity (Wildman–Crippen MR) is 62.4 cm³/mol. The van der Waals surface area contributed by atoms with Crippen molar-refractivity contribution in [2.75, 3.05) is 13.7 Å². The largest absolute Gasteiger partial charge is 0.497 e. The average Bonchev–Trinajstić information content (AvgIpc) is 2.30. The summed E-state index contributed by atoms with van der Waals surface area (Å²) in [7, 11) is 1.63. The molecule has 0 bridgehead atoms. The molecule has 0 saturated heterocycles. The molecule has 0 heterocycles. The third-order valence-corrected chi connectivity index (χ3v) is 2.03. The minimum atomic E-state index is -0.643. The maximum Gasteiger partial charge on any atom is 0.118 e. The van der Waals surface area contributed by atoms with E-state index in [9.17, 15) is 5.11 Å². The number of aliphatic hydroxyl groups excluding tert-OH is 1. The van der Waals surface area contributed by atoms with Crippen molar-refractivity contribution < 1.29 is 14.6 Å². The summed E-state index contributed by atoms with van der Waals surface area (Å²) >= 11 is 0. The van der Waals surface area contributed by atoms with Crippen LogP contribution in [0.15, 0.2) is 42.7 Å². The van der Waals surface area contributed by atoms with Crippen LogP contribution in [0.2, 0.25) is 0 Å². The molecule has 0 spiro atoms. The molecule has 1 rings (SSSR count). The lowest BCUT2D eigenvalue weighted by Crippen LogP contribution is -2.11. The predicted octanol–water partition coefficient (Wildman–Crippen LogP) is 1.91. The molecular weight excluding hydrogens is 204 g/mol. The second-order valence-electron chi connectivity index (χ2n) is 3.30. The fourth-order valence-electron chi connectivity index (χ4n) is 1.20. The Morgan fingerprint density at radius 3 is 2.69 bits per heavy atom. The fraction of sp³-hybridized carbons (Fsp3) is 0.308. The van der Waals surface area contributed by atoms with Gasteiger partial charge in [0.05, 0.1) is 20.3 Å². The summed E-state index contributed by atoms with van der Waals surface area (Å²) in [6.07, 6.45) is 0.823. The van der Waals surface area contributed by atoms with E-state index < -0.39 is 6.10 Å². The van der Waals surface area contributed by atoms with Crippen LogP contribution in [-0.4, -0.2) is 24.9 Å². The second-order valence-corrected chi connectivity index (χ2v) is 3.30. The molecule has 0 saturated carbocycles. The van der Waals surface area contributed by atoms with Crippen molar-refractivity contribution in [2.45, 2.75) is 12.7 Å². The number of rotatable bonds is 6. The molecule has 0 fully saturated rings. The summed E-state index contributed by atoms with van der Waals surface area (Å²) in [5.74, 6) is 0.818. The van der Waals surface area contributed by atoms with Gasteiger partial charge in [-0.3, -0.25) is 0 Å². The quantitative estimate of drug-likeness (QED) is 0.744. The van der Waals surface area contributed by atoms with Crippen LogP contribution in [0.5, 0.6) is 5.75 Å². The molecule has 16 heavy (non-hydrogen) atoms. The lowest BCUT2D eigenvalue weighted by molar-refractivity contribution is 0.0504. The van der Waals surface area contributed by atoms with E-state index >= 15 is 0 Å². The first kappa shape index (κ1) is 12.5. The van der Waals surface area contributed by atoms with Gasteiger partial charge in [0.25, 0.3) is 0 Å². The van der Waals surface area contributed by atoms with Gasteiger partial charge in [0, 0.05) is 0 Å². The summed E-state index contributed by atoms with van der Waals surface area (Å²) in [6, 6.07) is 7.60. The molecule has 1 N–H and O–H groups in total. The Morgan fingerprint density at radius 2 is 2.12 bits per heavy atom. The number of methoxy groups -OCH3 is 1. The minimum Gasteiger partial charge on any atom is -0.497 e. The van der Waals surface area contributed by atoms with Crippen molar-refractivity contribution in [3.63, 3.8) is 0 Å². The Labute approximate surface area is 95.6 Å². The number of aliphatic hydroxyl groups is 1. The van der Waals surface area contributed by atoms with Crippen LogP contribution >= 0.6 is 0 Å². The Kier molecular flexibility index (Phi) is 5.37. The highest BCUT2D eigenvalue weighted by atomic mass is 16.5. The average molecular weight is 220 g/mol. The van der Waals surface area contributed by atoms with Crippen LogP contribution in [0.1, 0.15) is 5.56 Å². The third kappa shape index (κ3) is 4.32. The van der Waals surface area contributed by atoms with Crippen LogP contribution in [0, 0.1) is 0 Å². The molecule has 0 radical (unpaired) electrons. The second kappa shape index (κ2) is 6.85. The molecule has 0 aliphatic carbocycles. The summed E-state index contributed by atoms with van der Waals surface area (Å²) in [4.78, 5) is 0. The zero-order chi connectivity index (χ0) is 11.8. The molecule has 0 amide bonds. The first-order chi connectivity index (χ1) is 7.76. The van der Waals surface area contributed by atoms with E-state index in [2.05, 4.69) is 12.3 Å². The van der Waals surface area contributed by atoms with Gasteiger partial charge in [-0.2, -0.15) is 0 Å². The van der Waals surface area contributed by atoms with E-state index in [-0.39, 0.29) is 6.61 Å². The summed E-state index contributed by atoms with van der Waals surface area (Å²) in [6.45, 7) is 4.08. The normalized spacial score (nSPS) is 11.6. The molecule has 1 atom stereocenters. The van der Waals surface area contributed by atoms with Crippen LogP contribution in [-0.2, 0) is 11.3 Å². The Bertz CT molecular complexity index is 350. The maximum absolute atomic E-state index is 9.31. The van der Waals surface area contributed by atoms with Gasteiger partial charge < -0.3 is 14.6 Å². The zero-order valence-corrected chi connectivity index (χ0v) is 9.35. The van der Waals surface area contributed by atoms with Crippen molar-refractivity contribution in [2.24, 2.45) is 0 Å². The first-order valence-corrected chi connectivity index (χ1v) is 5.01. The van der Waals surface area contributed by atoms with Crippen molar-refractivity contribution in [1.29, 1.82) is 0 Å². The van der Waals surface area contributed by atoms with Gasteiger partial charge in [-0.15, -0.1) is 5.73 Å². The van der Waals surface area contributed by atoms with Gasteiger partial charge in [-0.25, -0.2) is 0 Å². The third-order valence-electron chi connectivity index (χ3n) is 2.03. The smallest absolute Gasteiger partial charge is 0.118 e. The van der Waals surface area contributed by atoms with Crippen LogP contribution < -0.4 is 4.74 Å². The lowest BCUT2D eigenvalue weighted by atomic mass is 10.2. The first-order valence-electron chi connectivity index (χ1n) is 5.01. The monoisotopic (exact) mass is 220 g/mol. The highest BCUT2D eigenvalue weighted by Crippen LogP contribution is 2.11. The van der Waals surface area contributed by atoms with Crippen molar-refractivity contribution in [3.8, 4) is 5.75 Å². The van der Waals surface area contributed by atoms with E-state index in [0.29, 0.717) is 6.61 Å². The Balaban J connectivity index is 2.34. The van der Waals surface area contributed by atoms with E-state index in [4.69, 9.17) is 9.47 Å². The van der Waals surface area contributed by atoms with Gasteiger partial charge in [0.2, 0.25) is 0 Å². The highest BCUT2D eigenvalue weighted by molar-refractivity contribution is 5.26. The topological polar surface area (TPSA) is 38.7 Å². The molecule has 3 heteroatoms. The van der Waals surface area contributed by atoms with Crippen molar-refractivity contribution in [1.82, 2.24) is 0 Å². The Hall–Kier alpha value is -1.54. The van der Waals surface area contributed by atoms with Gasteiger partial charge in [-0.05, 0) is 23.8 Å². The van der Waals surface area contributed by atoms with E-state index in [1.165, 1.54) is 6.08 Å². The van der Waals surface area contributed by atoms with E-state index in [1.54, 1.807) is 7.11 Å². The minimum absolute atomic E-state index is 0.245. The van der Waals surface area contributed by atoms with Crippen LogP contribution in [0.3, 0.4) is 0 Å². The standard InChI is InChI=1S/C13H16O3/c1-3-4-12(14)10-16-9-11-5-7-13(15-2)8-6-11/h4-8,12,14H,1,9-10H2,2H3/t12-/m1/s1. The van der Waals surface area contributed by atoms with Gasteiger partial charge in [0.1, 0.15) is 11.9 Å². The molecule has 0 aliphatic rings.